The molecule has 0 fully saturated rings. The zero-order chi connectivity index (χ0) is 25.0. The number of anilines is 1. The molecule has 0 aliphatic rings. The summed E-state index contributed by atoms with van der Waals surface area (Å²) in [7, 11) is 0. The van der Waals surface area contributed by atoms with E-state index in [0.717, 1.165) is 10.4 Å². The quantitative estimate of drug-likeness (QED) is 0.327. The summed E-state index contributed by atoms with van der Waals surface area (Å²) in [6.07, 6.45) is 0.584. The lowest BCUT2D eigenvalue weighted by molar-refractivity contribution is -0.133. The second kappa shape index (κ2) is 13.6. The summed E-state index contributed by atoms with van der Waals surface area (Å²) in [6.45, 7) is 6.16. The highest BCUT2D eigenvalue weighted by Gasteiger charge is 2.22. The molecule has 186 valence electrons. The average Bonchev–Trinajstić information content (AvgIpc) is 3.25. The third-order valence-corrected chi connectivity index (χ3v) is 6.31. The number of nitrogens with zero attached hydrogens (tertiary/aromatic N) is 2. The van der Waals surface area contributed by atoms with Gasteiger partial charge in [0.15, 0.2) is 0 Å². The average molecular weight is 498 g/mol. The molecular formula is C27H32FN3O3S. The van der Waals surface area contributed by atoms with Gasteiger partial charge in [0.2, 0.25) is 5.91 Å². The number of thiophene rings is 1. The number of halogens is 1. The number of carbonyl (C=O) groups is 2. The highest BCUT2D eigenvalue weighted by atomic mass is 32.1. The van der Waals surface area contributed by atoms with Crippen molar-refractivity contribution in [1.82, 2.24) is 9.80 Å². The van der Waals surface area contributed by atoms with Crippen molar-refractivity contribution < 1.29 is 18.7 Å². The van der Waals surface area contributed by atoms with E-state index in [0.29, 0.717) is 45.0 Å². The fourth-order valence-electron chi connectivity index (χ4n) is 3.58. The van der Waals surface area contributed by atoms with E-state index in [9.17, 15) is 14.0 Å². The number of hydrogen-bond acceptors (Lipinski definition) is 4. The zero-order valence-electron chi connectivity index (χ0n) is 20.2. The van der Waals surface area contributed by atoms with E-state index in [2.05, 4.69) is 5.32 Å². The number of benzene rings is 2. The van der Waals surface area contributed by atoms with E-state index < -0.39 is 11.8 Å². The molecule has 1 heterocycles. The first-order valence-corrected chi connectivity index (χ1v) is 12.5. The van der Waals surface area contributed by atoms with Gasteiger partial charge in [0.05, 0.1) is 6.54 Å². The molecule has 0 aliphatic heterocycles. The topological polar surface area (TPSA) is 61.9 Å². The Bertz CT molecular complexity index is 1090. The molecule has 35 heavy (non-hydrogen) atoms. The van der Waals surface area contributed by atoms with E-state index >= 15 is 0 Å². The molecule has 0 atom stereocenters. The molecule has 3 aromatic rings. The van der Waals surface area contributed by atoms with Crippen molar-refractivity contribution >= 4 is 29.0 Å². The number of urea groups is 1. The van der Waals surface area contributed by atoms with Crippen LogP contribution >= 0.6 is 11.3 Å². The highest BCUT2D eigenvalue weighted by Crippen LogP contribution is 2.19. The molecule has 0 bridgehead atoms. The first kappa shape index (κ1) is 26.4. The fraction of sp³-hybridized carbons (Fsp3) is 0.333. The number of carbonyl (C=O) groups excluding carboxylic acids is 2. The molecule has 0 radical (unpaired) electrons. The van der Waals surface area contributed by atoms with Crippen LogP contribution < -0.4 is 5.32 Å². The Morgan fingerprint density at radius 1 is 1.00 bits per heavy atom. The Hall–Kier alpha value is -3.23. The van der Waals surface area contributed by atoms with Crippen LogP contribution in [0.25, 0.3) is 0 Å². The number of nitrogens with one attached hydrogen (secondary N) is 1. The van der Waals surface area contributed by atoms with Gasteiger partial charge in [-0.1, -0.05) is 36.4 Å². The molecule has 1 aromatic heterocycles. The molecule has 0 aliphatic carbocycles. The maximum Gasteiger partial charge on any atom is 0.322 e. The lowest BCUT2D eigenvalue weighted by Gasteiger charge is -2.28. The van der Waals surface area contributed by atoms with Gasteiger partial charge < -0.3 is 19.9 Å². The number of ether oxygens (including phenoxy) is 1. The molecule has 3 rings (SSSR count). The van der Waals surface area contributed by atoms with Gasteiger partial charge in [0, 0.05) is 41.7 Å². The van der Waals surface area contributed by atoms with Gasteiger partial charge in [-0.15, -0.1) is 11.3 Å². The summed E-state index contributed by atoms with van der Waals surface area (Å²) in [4.78, 5) is 32.0. The minimum absolute atomic E-state index is 0.0928. The van der Waals surface area contributed by atoms with Gasteiger partial charge in [-0.2, -0.15) is 0 Å². The normalized spacial score (nSPS) is 10.7. The van der Waals surface area contributed by atoms with Crippen molar-refractivity contribution in [2.45, 2.75) is 33.4 Å². The van der Waals surface area contributed by atoms with E-state index in [-0.39, 0.29) is 12.5 Å². The minimum Gasteiger partial charge on any atom is -0.382 e. The van der Waals surface area contributed by atoms with Gasteiger partial charge in [0.1, 0.15) is 12.4 Å². The van der Waals surface area contributed by atoms with Crippen molar-refractivity contribution in [1.29, 1.82) is 0 Å². The minimum atomic E-state index is -0.452. The van der Waals surface area contributed by atoms with Gasteiger partial charge in [-0.05, 0) is 56.2 Å². The standard InChI is InChI=1S/C27H32FN3O3S/c1-3-34-16-8-15-30(27(33)29-24-12-7-11-23(28)17-24)20-26(32)31(18-22-9-5-4-6-10-22)19-25-14-13-21(2)35-25/h4-7,9-14,17H,3,8,15-16,18-20H2,1-2H3,(H,29,33). The summed E-state index contributed by atoms with van der Waals surface area (Å²) in [5.74, 6) is -0.604. The van der Waals surface area contributed by atoms with Crippen molar-refractivity contribution in [2.75, 3.05) is 31.6 Å². The van der Waals surface area contributed by atoms with Crippen molar-refractivity contribution in [3.05, 3.63) is 87.9 Å². The highest BCUT2D eigenvalue weighted by molar-refractivity contribution is 7.11. The Morgan fingerprint density at radius 2 is 1.80 bits per heavy atom. The monoisotopic (exact) mass is 497 g/mol. The van der Waals surface area contributed by atoms with Crippen LogP contribution in [0.2, 0.25) is 0 Å². The maximum atomic E-state index is 13.6. The largest absolute Gasteiger partial charge is 0.382 e. The molecule has 8 heteroatoms. The Balaban J connectivity index is 1.74. The third-order valence-electron chi connectivity index (χ3n) is 5.32. The Labute approximate surface area is 210 Å². The molecule has 3 amide bonds. The van der Waals surface area contributed by atoms with Crippen LogP contribution in [0.5, 0.6) is 0 Å². The van der Waals surface area contributed by atoms with Crippen LogP contribution in [0.4, 0.5) is 14.9 Å². The molecule has 0 spiro atoms. The van der Waals surface area contributed by atoms with Gasteiger partial charge >= 0.3 is 6.03 Å². The third kappa shape index (κ3) is 8.81. The molecule has 0 saturated heterocycles. The van der Waals surface area contributed by atoms with Crippen LogP contribution in [-0.2, 0) is 22.6 Å². The first-order chi connectivity index (χ1) is 16.9. The molecular weight excluding hydrogens is 465 g/mol. The zero-order valence-corrected chi connectivity index (χ0v) is 21.0. The SMILES string of the molecule is CCOCCCN(CC(=O)N(Cc1ccccc1)Cc1ccc(C)s1)C(=O)Nc1cccc(F)c1. The lowest BCUT2D eigenvalue weighted by Crippen LogP contribution is -2.44. The summed E-state index contributed by atoms with van der Waals surface area (Å²) in [5, 5.41) is 2.71. The molecule has 0 unspecified atom stereocenters. The summed E-state index contributed by atoms with van der Waals surface area (Å²) < 4.78 is 19.0. The van der Waals surface area contributed by atoms with Crippen LogP contribution in [0.1, 0.15) is 28.7 Å². The molecule has 0 saturated carbocycles. The van der Waals surface area contributed by atoms with Crippen molar-refractivity contribution in [2.24, 2.45) is 0 Å². The number of hydrogen-bond donors (Lipinski definition) is 1. The first-order valence-electron chi connectivity index (χ1n) is 11.7. The predicted octanol–water partition coefficient (Wildman–Crippen LogP) is 5.69. The van der Waals surface area contributed by atoms with E-state index in [4.69, 9.17) is 4.74 Å². The van der Waals surface area contributed by atoms with Gasteiger partial charge in [-0.3, -0.25) is 4.79 Å². The van der Waals surface area contributed by atoms with Crippen LogP contribution in [-0.4, -0.2) is 48.0 Å². The summed E-state index contributed by atoms with van der Waals surface area (Å²) >= 11 is 1.65. The van der Waals surface area contributed by atoms with E-state index in [1.165, 1.54) is 28.0 Å². The van der Waals surface area contributed by atoms with Crippen molar-refractivity contribution in [3.63, 3.8) is 0 Å². The molecule has 6 nitrogen and oxygen atoms in total. The van der Waals surface area contributed by atoms with Gasteiger partial charge in [-0.25, -0.2) is 9.18 Å². The molecule has 2 aromatic carbocycles. The molecule has 1 N–H and O–H groups in total. The summed E-state index contributed by atoms with van der Waals surface area (Å²) in [6, 6.07) is 19.1. The Kier molecular flexibility index (Phi) is 10.3. The number of rotatable bonds is 12. The maximum absolute atomic E-state index is 13.6. The lowest BCUT2D eigenvalue weighted by atomic mass is 10.2. The second-order valence-corrected chi connectivity index (χ2v) is 9.53. The van der Waals surface area contributed by atoms with Crippen LogP contribution in [0.3, 0.4) is 0 Å². The fourth-order valence-corrected chi connectivity index (χ4v) is 4.49. The van der Waals surface area contributed by atoms with Gasteiger partial charge in [0.25, 0.3) is 0 Å². The predicted molar refractivity (Wildman–Crippen MR) is 138 cm³/mol. The number of aryl methyl sites for hydroxylation is 1. The summed E-state index contributed by atoms with van der Waals surface area (Å²) in [5.41, 5.74) is 1.36. The van der Waals surface area contributed by atoms with Crippen LogP contribution in [0, 0.1) is 12.7 Å². The smallest absolute Gasteiger partial charge is 0.322 e. The van der Waals surface area contributed by atoms with E-state index in [1.54, 1.807) is 22.3 Å². The number of amides is 3. The van der Waals surface area contributed by atoms with E-state index in [1.807, 2.05) is 56.3 Å². The Morgan fingerprint density at radius 3 is 2.49 bits per heavy atom. The van der Waals surface area contributed by atoms with Crippen LogP contribution in [0.15, 0.2) is 66.7 Å². The second-order valence-electron chi connectivity index (χ2n) is 8.16. The van der Waals surface area contributed by atoms with Crippen molar-refractivity contribution in [3.8, 4) is 0 Å².